The highest BCUT2D eigenvalue weighted by Gasteiger charge is 2.18. The lowest BCUT2D eigenvalue weighted by atomic mass is 10.00. The van der Waals surface area contributed by atoms with Crippen LogP contribution in [0.1, 0.15) is 32.1 Å². The Kier molecular flexibility index (Phi) is 4.77. The monoisotopic (exact) mass is 299 g/mol. The van der Waals surface area contributed by atoms with Crippen LogP contribution in [0.25, 0.3) is 11.0 Å². The van der Waals surface area contributed by atoms with Gasteiger partial charge in [-0.05, 0) is 31.0 Å². The van der Waals surface area contributed by atoms with Crippen LogP contribution in [0.5, 0.6) is 0 Å². The van der Waals surface area contributed by atoms with Crippen molar-refractivity contribution in [1.82, 2.24) is 5.32 Å². The fourth-order valence-electron chi connectivity index (χ4n) is 2.22. The highest BCUT2D eigenvalue weighted by molar-refractivity contribution is 6.44. The molecular formula is C15H19Cl2NO. The number of furan rings is 1. The summed E-state index contributed by atoms with van der Waals surface area (Å²) in [6.07, 6.45) is 0.978. The van der Waals surface area contributed by atoms with E-state index >= 15 is 0 Å². The lowest BCUT2D eigenvalue weighted by Gasteiger charge is -2.06. The van der Waals surface area contributed by atoms with E-state index in [-0.39, 0.29) is 0 Å². The molecule has 0 bridgehead atoms. The summed E-state index contributed by atoms with van der Waals surface area (Å²) >= 11 is 12.3. The van der Waals surface area contributed by atoms with Gasteiger partial charge in [0.15, 0.2) is 5.58 Å². The summed E-state index contributed by atoms with van der Waals surface area (Å²) in [4.78, 5) is 0. The van der Waals surface area contributed by atoms with E-state index in [0.717, 1.165) is 30.7 Å². The molecule has 0 radical (unpaired) electrons. The molecular weight excluding hydrogens is 281 g/mol. The Morgan fingerprint density at radius 2 is 2.00 bits per heavy atom. The van der Waals surface area contributed by atoms with Gasteiger partial charge in [-0.2, -0.15) is 0 Å². The molecule has 0 unspecified atom stereocenters. The van der Waals surface area contributed by atoms with Crippen molar-refractivity contribution in [1.29, 1.82) is 0 Å². The Balaban J connectivity index is 2.55. The molecule has 0 aliphatic carbocycles. The Morgan fingerprint density at radius 1 is 1.26 bits per heavy atom. The second-order valence-electron chi connectivity index (χ2n) is 5.12. The predicted molar refractivity (Wildman–Crippen MR) is 82.2 cm³/mol. The molecule has 0 fully saturated rings. The Hall–Kier alpha value is -0.700. The van der Waals surface area contributed by atoms with Crippen LogP contribution in [0.4, 0.5) is 0 Å². The molecule has 19 heavy (non-hydrogen) atoms. The summed E-state index contributed by atoms with van der Waals surface area (Å²) in [5.74, 6) is 1.53. The number of fused-ring (bicyclic) bond motifs is 1. The van der Waals surface area contributed by atoms with Crippen molar-refractivity contribution < 1.29 is 4.42 Å². The maximum atomic E-state index is 6.24. The van der Waals surface area contributed by atoms with Gasteiger partial charge < -0.3 is 9.73 Å². The SMILES string of the molecule is CCNCc1oc2c(Cl)c(Cl)ccc2c1CC(C)C. The third-order valence-electron chi connectivity index (χ3n) is 3.08. The van der Waals surface area contributed by atoms with Gasteiger partial charge in [-0.15, -0.1) is 0 Å². The zero-order valence-electron chi connectivity index (χ0n) is 11.5. The Bertz CT molecular complexity index is 575. The summed E-state index contributed by atoms with van der Waals surface area (Å²) in [6, 6.07) is 3.84. The number of hydrogen-bond acceptors (Lipinski definition) is 2. The van der Waals surface area contributed by atoms with Crippen molar-refractivity contribution in [3.8, 4) is 0 Å². The molecule has 0 aliphatic rings. The molecule has 2 nitrogen and oxygen atoms in total. The van der Waals surface area contributed by atoms with Gasteiger partial charge >= 0.3 is 0 Å². The maximum absolute atomic E-state index is 6.24. The summed E-state index contributed by atoms with van der Waals surface area (Å²) in [7, 11) is 0. The third kappa shape index (κ3) is 3.07. The van der Waals surface area contributed by atoms with Crippen molar-refractivity contribution in [2.45, 2.75) is 33.7 Å². The highest BCUT2D eigenvalue weighted by atomic mass is 35.5. The molecule has 1 N–H and O–H groups in total. The van der Waals surface area contributed by atoms with Crippen LogP contribution >= 0.6 is 23.2 Å². The molecule has 0 saturated carbocycles. The molecule has 0 saturated heterocycles. The van der Waals surface area contributed by atoms with Crippen molar-refractivity contribution in [3.63, 3.8) is 0 Å². The average molecular weight is 300 g/mol. The highest BCUT2D eigenvalue weighted by Crippen LogP contribution is 2.36. The predicted octanol–water partition coefficient (Wildman–Crippen LogP) is 5.05. The smallest absolute Gasteiger partial charge is 0.154 e. The largest absolute Gasteiger partial charge is 0.458 e. The van der Waals surface area contributed by atoms with Crippen molar-refractivity contribution in [2.24, 2.45) is 5.92 Å². The minimum absolute atomic E-state index is 0.506. The van der Waals surface area contributed by atoms with E-state index in [9.17, 15) is 0 Å². The first-order chi connectivity index (χ1) is 9.04. The van der Waals surface area contributed by atoms with Crippen LogP contribution in [0.2, 0.25) is 10.0 Å². The fraction of sp³-hybridized carbons (Fsp3) is 0.467. The van der Waals surface area contributed by atoms with Crippen LogP contribution in [0.15, 0.2) is 16.5 Å². The van der Waals surface area contributed by atoms with Gasteiger partial charge in [0.1, 0.15) is 10.8 Å². The first kappa shape index (κ1) is 14.7. The van der Waals surface area contributed by atoms with E-state index in [0.29, 0.717) is 21.5 Å². The fourth-order valence-corrected chi connectivity index (χ4v) is 2.57. The summed E-state index contributed by atoms with van der Waals surface area (Å²) in [5, 5.41) is 5.43. The third-order valence-corrected chi connectivity index (χ3v) is 3.87. The Labute approximate surface area is 124 Å². The van der Waals surface area contributed by atoms with E-state index in [2.05, 4.69) is 26.1 Å². The molecule has 1 aromatic carbocycles. The quantitative estimate of drug-likeness (QED) is 0.836. The zero-order chi connectivity index (χ0) is 14.0. The van der Waals surface area contributed by atoms with Crippen LogP contribution in [0, 0.1) is 5.92 Å². The molecule has 0 aliphatic heterocycles. The number of rotatable bonds is 5. The first-order valence-electron chi connectivity index (χ1n) is 6.63. The molecule has 0 amide bonds. The van der Waals surface area contributed by atoms with Crippen LogP contribution in [-0.4, -0.2) is 6.54 Å². The van der Waals surface area contributed by atoms with E-state index < -0.39 is 0 Å². The van der Waals surface area contributed by atoms with E-state index in [4.69, 9.17) is 27.6 Å². The number of benzene rings is 1. The molecule has 2 aromatic rings. The Morgan fingerprint density at radius 3 is 2.63 bits per heavy atom. The topological polar surface area (TPSA) is 25.2 Å². The van der Waals surface area contributed by atoms with Crippen molar-refractivity contribution in [2.75, 3.05) is 6.54 Å². The number of halogens is 2. The zero-order valence-corrected chi connectivity index (χ0v) is 13.0. The van der Waals surface area contributed by atoms with Gasteiger partial charge in [0.25, 0.3) is 0 Å². The van der Waals surface area contributed by atoms with E-state index in [1.54, 1.807) is 0 Å². The molecule has 0 spiro atoms. The van der Waals surface area contributed by atoms with Crippen LogP contribution < -0.4 is 5.32 Å². The average Bonchev–Trinajstić information content (AvgIpc) is 2.70. The minimum Gasteiger partial charge on any atom is -0.458 e. The summed E-state index contributed by atoms with van der Waals surface area (Å²) < 4.78 is 5.93. The number of hydrogen-bond donors (Lipinski definition) is 1. The van der Waals surface area contributed by atoms with Gasteiger partial charge in [-0.1, -0.05) is 44.0 Å². The summed E-state index contributed by atoms with van der Waals surface area (Å²) in [6.45, 7) is 8.11. The first-order valence-corrected chi connectivity index (χ1v) is 7.39. The van der Waals surface area contributed by atoms with Gasteiger partial charge in [-0.25, -0.2) is 0 Å². The summed E-state index contributed by atoms with van der Waals surface area (Å²) in [5.41, 5.74) is 1.95. The van der Waals surface area contributed by atoms with E-state index in [1.807, 2.05) is 12.1 Å². The van der Waals surface area contributed by atoms with Crippen molar-refractivity contribution >= 4 is 34.2 Å². The second-order valence-corrected chi connectivity index (χ2v) is 5.91. The standard InChI is InChI=1S/C15H19Cl2NO/c1-4-18-8-13-11(7-9(2)3)10-5-6-12(16)14(17)15(10)19-13/h5-6,9,18H,4,7-8H2,1-3H3. The molecule has 1 heterocycles. The lowest BCUT2D eigenvalue weighted by molar-refractivity contribution is 0.506. The molecule has 1 aromatic heterocycles. The molecule has 104 valence electrons. The molecule has 2 rings (SSSR count). The van der Waals surface area contributed by atoms with Gasteiger partial charge in [0.05, 0.1) is 11.6 Å². The number of nitrogens with one attached hydrogen (secondary N) is 1. The van der Waals surface area contributed by atoms with Crippen molar-refractivity contribution in [3.05, 3.63) is 33.5 Å². The minimum atomic E-state index is 0.506. The normalized spacial score (nSPS) is 11.7. The molecule has 0 atom stereocenters. The molecule has 4 heteroatoms. The second kappa shape index (κ2) is 6.17. The van der Waals surface area contributed by atoms with E-state index in [1.165, 1.54) is 5.56 Å². The van der Waals surface area contributed by atoms with Gasteiger partial charge in [-0.3, -0.25) is 0 Å². The van der Waals surface area contributed by atoms with Crippen LogP contribution in [-0.2, 0) is 13.0 Å². The van der Waals surface area contributed by atoms with Crippen LogP contribution in [0.3, 0.4) is 0 Å². The van der Waals surface area contributed by atoms with Gasteiger partial charge in [0, 0.05) is 10.9 Å². The lowest BCUT2D eigenvalue weighted by Crippen LogP contribution is -2.12. The maximum Gasteiger partial charge on any atom is 0.154 e. The van der Waals surface area contributed by atoms with Gasteiger partial charge in [0.2, 0.25) is 0 Å².